The third-order valence-corrected chi connectivity index (χ3v) is 3.44. The number of hydrogen-bond donors (Lipinski definition) is 3. The molecule has 0 saturated heterocycles. The number of aromatic hydroxyl groups is 1. The molecule has 1 heterocycles. The van der Waals surface area contributed by atoms with Gasteiger partial charge in [0, 0.05) is 11.9 Å². The van der Waals surface area contributed by atoms with Crippen LogP contribution in [0.15, 0.2) is 53.5 Å². The van der Waals surface area contributed by atoms with Crippen molar-refractivity contribution in [1.82, 2.24) is 10.2 Å². The molecular formula is C18H15N5O2. The van der Waals surface area contributed by atoms with Gasteiger partial charge in [-0.25, -0.2) is 4.99 Å². The van der Waals surface area contributed by atoms with Crippen molar-refractivity contribution in [2.75, 3.05) is 12.4 Å². The number of para-hydroxylation sites is 1. The fourth-order valence-corrected chi connectivity index (χ4v) is 2.19. The average Bonchev–Trinajstić information content (AvgIpc) is 3.03. The summed E-state index contributed by atoms with van der Waals surface area (Å²) in [5, 5.41) is 28.9. The van der Waals surface area contributed by atoms with E-state index in [0.717, 1.165) is 5.69 Å². The van der Waals surface area contributed by atoms with Gasteiger partial charge in [-0.3, -0.25) is 5.10 Å². The first-order valence-corrected chi connectivity index (χ1v) is 7.43. The molecule has 0 spiro atoms. The van der Waals surface area contributed by atoms with E-state index in [-0.39, 0.29) is 5.75 Å². The summed E-state index contributed by atoms with van der Waals surface area (Å²) in [7, 11) is 1.47. The van der Waals surface area contributed by atoms with E-state index in [1.54, 1.807) is 18.3 Å². The number of methoxy groups -OCH3 is 1. The Labute approximate surface area is 144 Å². The SMILES string of the molecule is COc1cc(/C=N/c2[nH]nc(Nc3ccccc3)c2C#N)ccc1O. The predicted octanol–water partition coefficient (Wildman–Crippen LogP) is 3.49. The van der Waals surface area contributed by atoms with Crippen molar-refractivity contribution in [3.05, 3.63) is 59.7 Å². The maximum Gasteiger partial charge on any atom is 0.172 e. The maximum absolute atomic E-state index is 9.61. The summed E-state index contributed by atoms with van der Waals surface area (Å²) >= 11 is 0. The Morgan fingerprint density at radius 3 is 2.80 bits per heavy atom. The van der Waals surface area contributed by atoms with E-state index in [4.69, 9.17) is 4.74 Å². The van der Waals surface area contributed by atoms with Crippen LogP contribution < -0.4 is 10.1 Å². The number of hydrogen-bond acceptors (Lipinski definition) is 6. The molecule has 1 aromatic heterocycles. The lowest BCUT2D eigenvalue weighted by Crippen LogP contribution is -1.92. The number of aromatic nitrogens is 2. The number of phenolic OH excluding ortho intramolecular Hbond substituents is 1. The Bertz CT molecular complexity index is 942. The smallest absolute Gasteiger partial charge is 0.172 e. The second-order valence-corrected chi connectivity index (χ2v) is 5.09. The Balaban J connectivity index is 1.85. The molecule has 0 saturated carbocycles. The standard InChI is InChI=1S/C18H15N5O2/c1-25-16-9-12(7-8-15(16)24)11-20-17-14(10-19)18(23-22-17)21-13-5-3-2-4-6-13/h2-9,11,24H,1H3,(H2,21,22,23)/b20-11+. The summed E-state index contributed by atoms with van der Waals surface area (Å²) in [5.41, 5.74) is 1.85. The van der Waals surface area contributed by atoms with Gasteiger partial charge >= 0.3 is 0 Å². The van der Waals surface area contributed by atoms with Gasteiger partial charge in [0.1, 0.15) is 11.6 Å². The lowest BCUT2D eigenvalue weighted by molar-refractivity contribution is 0.373. The number of benzene rings is 2. The number of ether oxygens (including phenoxy) is 1. The highest BCUT2D eigenvalue weighted by Gasteiger charge is 2.12. The van der Waals surface area contributed by atoms with Crippen molar-refractivity contribution < 1.29 is 9.84 Å². The number of rotatable bonds is 5. The highest BCUT2D eigenvalue weighted by molar-refractivity contribution is 5.84. The zero-order valence-electron chi connectivity index (χ0n) is 13.4. The molecule has 0 aliphatic carbocycles. The van der Waals surface area contributed by atoms with Crippen LogP contribution in [0.4, 0.5) is 17.3 Å². The highest BCUT2D eigenvalue weighted by atomic mass is 16.5. The van der Waals surface area contributed by atoms with Crippen molar-refractivity contribution in [3.8, 4) is 17.6 Å². The molecule has 0 aliphatic heterocycles. The Morgan fingerprint density at radius 1 is 1.28 bits per heavy atom. The second-order valence-electron chi connectivity index (χ2n) is 5.09. The lowest BCUT2D eigenvalue weighted by Gasteiger charge is -2.03. The minimum Gasteiger partial charge on any atom is -0.504 e. The van der Waals surface area contributed by atoms with E-state index >= 15 is 0 Å². The van der Waals surface area contributed by atoms with Crippen molar-refractivity contribution in [2.45, 2.75) is 0 Å². The zero-order valence-corrected chi connectivity index (χ0v) is 13.4. The Kier molecular flexibility index (Phi) is 4.62. The van der Waals surface area contributed by atoms with Crippen LogP contribution in [0.25, 0.3) is 0 Å². The van der Waals surface area contributed by atoms with Gasteiger partial charge in [-0.1, -0.05) is 18.2 Å². The molecule has 3 N–H and O–H groups in total. The second kappa shape index (κ2) is 7.19. The van der Waals surface area contributed by atoms with Crippen LogP contribution in [-0.4, -0.2) is 28.6 Å². The summed E-state index contributed by atoms with van der Waals surface area (Å²) in [6.07, 6.45) is 1.56. The molecule has 0 bridgehead atoms. The molecule has 0 atom stereocenters. The third kappa shape index (κ3) is 3.59. The Hall–Kier alpha value is -3.79. The number of H-pyrrole nitrogens is 1. The quantitative estimate of drug-likeness (QED) is 0.620. The predicted molar refractivity (Wildman–Crippen MR) is 94.9 cm³/mol. The van der Waals surface area contributed by atoms with Crippen LogP contribution in [0.3, 0.4) is 0 Å². The van der Waals surface area contributed by atoms with Crippen LogP contribution in [0.2, 0.25) is 0 Å². The summed E-state index contributed by atoms with van der Waals surface area (Å²) in [5.74, 6) is 1.14. The highest BCUT2D eigenvalue weighted by Crippen LogP contribution is 2.27. The monoisotopic (exact) mass is 333 g/mol. The molecular weight excluding hydrogens is 318 g/mol. The lowest BCUT2D eigenvalue weighted by atomic mass is 10.2. The van der Waals surface area contributed by atoms with Crippen molar-refractivity contribution in [1.29, 1.82) is 5.26 Å². The fourth-order valence-electron chi connectivity index (χ4n) is 2.19. The molecule has 7 nitrogen and oxygen atoms in total. The molecule has 0 aliphatic rings. The van der Waals surface area contributed by atoms with Crippen LogP contribution in [-0.2, 0) is 0 Å². The van der Waals surface area contributed by atoms with Crippen molar-refractivity contribution in [3.63, 3.8) is 0 Å². The molecule has 2 aromatic carbocycles. The van der Waals surface area contributed by atoms with Gasteiger partial charge in [0.15, 0.2) is 23.1 Å². The molecule has 3 rings (SSSR count). The normalized spacial score (nSPS) is 10.6. The molecule has 25 heavy (non-hydrogen) atoms. The van der Waals surface area contributed by atoms with Crippen LogP contribution in [0.5, 0.6) is 11.5 Å². The van der Waals surface area contributed by atoms with Gasteiger partial charge in [0.05, 0.1) is 7.11 Å². The summed E-state index contributed by atoms with van der Waals surface area (Å²) < 4.78 is 5.06. The molecule has 0 fully saturated rings. The topological polar surface area (TPSA) is 106 Å². The largest absolute Gasteiger partial charge is 0.504 e. The zero-order chi connectivity index (χ0) is 17.6. The number of nitrogens with one attached hydrogen (secondary N) is 2. The average molecular weight is 333 g/mol. The van der Waals surface area contributed by atoms with Gasteiger partial charge in [0.2, 0.25) is 0 Å². The number of anilines is 2. The van der Waals surface area contributed by atoms with Gasteiger partial charge in [-0.15, -0.1) is 0 Å². The first-order valence-electron chi connectivity index (χ1n) is 7.43. The number of aromatic amines is 1. The van der Waals surface area contributed by atoms with Gasteiger partial charge in [-0.05, 0) is 35.9 Å². The molecule has 3 aromatic rings. The molecule has 0 amide bonds. The number of aliphatic imine (C=N–C) groups is 1. The summed E-state index contributed by atoms with van der Waals surface area (Å²) in [6.45, 7) is 0. The van der Waals surface area contributed by atoms with Crippen LogP contribution in [0.1, 0.15) is 11.1 Å². The van der Waals surface area contributed by atoms with Crippen LogP contribution in [0, 0.1) is 11.3 Å². The number of nitriles is 1. The van der Waals surface area contributed by atoms with Crippen molar-refractivity contribution >= 4 is 23.5 Å². The third-order valence-electron chi connectivity index (χ3n) is 3.44. The van der Waals surface area contributed by atoms with Crippen molar-refractivity contribution in [2.24, 2.45) is 4.99 Å². The molecule has 7 heteroatoms. The number of nitrogens with zero attached hydrogens (tertiary/aromatic N) is 3. The van der Waals surface area contributed by atoms with E-state index in [1.807, 2.05) is 30.3 Å². The van der Waals surface area contributed by atoms with E-state index in [1.165, 1.54) is 13.2 Å². The first-order chi connectivity index (χ1) is 12.2. The first kappa shape index (κ1) is 16.1. The minimum atomic E-state index is 0.0493. The minimum absolute atomic E-state index is 0.0493. The summed E-state index contributed by atoms with van der Waals surface area (Å²) in [4.78, 5) is 4.27. The summed E-state index contributed by atoms with van der Waals surface area (Å²) in [6, 6.07) is 16.4. The van der Waals surface area contributed by atoms with Crippen LogP contribution >= 0.6 is 0 Å². The van der Waals surface area contributed by atoms with E-state index in [0.29, 0.717) is 28.5 Å². The van der Waals surface area contributed by atoms with Gasteiger partial charge < -0.3 is 15.2 Å². The molecule has 0 radical (unpaired) electrons. The van der Waals surface area contributed by atoms with E-state index in [9.17, 15) is 10.4 Å². The number of phenols is 1. The van der Waals surface area contributed by atoms with E-state index < -0.39 is 0 Å². The maximum atomic E-state index is 9.61. The van der Waals surface area contributed by atoms with Gasteiger partial charge in [-0.2, -0.15) is 10.4 Å². The molecule has 124 valence electrons. The fraction of sp³-hybridized carbons (Fsp3) is 0.0556. The van der Waals surface area contributed by atoms with E-state index in [2.05, 4.69) is 26.6 Å². The Morgan fingerprint density at radius 2 is 2.08 bits per heavy atom. The molecule has 0 unspecified atom stereocenters. The van der Waals surface area contributed by atoms with Gasteiger partial charge in [0.25, 0.3) is 0 Å².